The number of aromatic nitrogens is 1. The van der Waals surface area contributed by atoms with Crippen molar-refractivity contribution in [2.75, 3.05) is 19.8 Å². The molecule has 2 N–H and O–H groups in total. The fourth-order valence-electron chi connectivity index (χ4n) is 2.94. The van der Waals surface area contributed by atoms with Crippen LogP contribution in [-0.2, 0) is 29.0 Å². The number of amides is 1. The lowest BCUT2D eigenvalue weighted by Gasteiger charge is -2.22. The van der Waals surface area contributed by atoms with Gasteiger partial charge in [-0.25, -0.2) is 0 Å². The second-order valence-electron chi connectivity index (χ2n) is 5.53. The van der Waals surface area contributed by atoms with Crippen molar-refractivity contribution >= 4 is 5.91 Å². The number of nitrogens with one attached hydrogen (secondary N) is 2. The van der Waals surface area contributed by atoms with E-state index >= 15 is 0 Å². The highest BCUT2D eigenvalue weighted by Gasteiger charge is 2.24. The van der Waals surface area contributed by atoms with E-state index in [0.29, 0.717) is 19.8 Å². The van der Waals surface area contributed by atoms with Crippen molar-refractivity contribution in [2.24, 2.45) is 5.92 Å². The molecule has 3 heterocycles. The quantitative estimate of drug-likeness (QED) is 0.852. The van der Waals surface area contributed by atoms with Crippen LogP contribution in [0.3, 0.4) is 0 Å². The zero-order valence-electron chi connectivity index (χ0n) is 11.9. The number of ether oxygens (including phenoxy) is 1. The van der Waals surface area contributed by atoms with Crippen LogP contribution >= 0.6 is 0 Å². The highest BCUT2D eigenvalue weighted by Crippen LogP contribution is 2.20. The molecule has 0 bridgehead atoms. The first kappa shape index (κ1) is 13.5. The molecule has 1 amide bonds. The Bertz CT molecular complexity index is 510. The van der Waals surface area contributed by atoms with Crippen LogP contribution < -0.4 is 10.6 Å². The molecule has 0 spiro atoms. The van der Waals surface area contributed by atoms with Crippen LogP contribution in [0.5, 0.6) is 0 Å². The molecule has 2 aliphatic heterocycles. The smallest absolute Gasteiger partial charge is 0.225 e. The molecule has 2 aliphatic rings. The average Bonchev–Trinajstić information content (AvgIpc) is 3.00. The molecule has 0 aliphatic carbocycles. The van der Waals surface area contributed by atoms with Gasteiger partial charge in [0.1, 0.15) is 0 Å². The van der Waals surface area contributed by atoms with E-state index in [-0.39, 0.29) is 11.8 Å². The van der Waals surface area contributed by atoms with E-state index in [1.165, 1.54) is 16.7 Å². The molecule has 0 saturated carbocycles. The molecule has 1 saturated heterocycles. The summed E-state index contributed by atoms with van der Waals surface area (Å²) in [5.41, 5.74) is 4.83. The van der Waals surface area contributed by atoms with Gasteiger partial charge < -0.3 is 15.4 Å². The van der Waals surface area contributed by atoms with E-state index in [0.717, 1.165) is 31.6 Å². The number of aryl methyl sites for hydroxylation is 1. The zero-order valence-corrected chi connectivity index (χ0v) is 11.9. The van der Waals surface area contributed by atoms with Crippen molar-refractivity contribution in [3.8, 4) is 0 Å². The highest BCUT2D eigenvalue weighted by molar-refractivity contribution is 5.79. The first-order chi connectivity index (χ1) is 9.75. The number of carbonyl (C=O) groups is 1. The first-order valence-corrected chi connectivity index (χ1v) is 7.28. The van der Waals surface area contributed by atoms with Gasteiger partial charge >= 0.3 is 0 Å². The summed E-state index contributed by atoms with van der Waals surface area (Å²) in [4.78, 5) is 16.5. The van der Waals surface area contributed by atoms with E-state index < -0.39 is 0 Å². The Morgan fingerprint density at radius 2 is 2.50 bits per heavy atom. The molecule has 5 heteroatoms. The number of carbonyl (C=O) groups excluding carboxylic acids is 1. The summed E-state index contributed by atoms with van der Waals surface area (Å²) in [6.45, 7) is 5.72. The number of hydrogen-bond acceptors (Lipinski definition) is 4. The number of hydrogen-bond donors (Lipinski definition) is 2. The van der Waals surface area contributed by atoms with E-state index in [1.54, 1.807) is 0 Å². The molecule has 1 aromatic heterocycles. The Hall–Kier alpha value is -1.46. The third-order valence-electron chi connectivity index (χ3n) is 4.21. The van der Waals surface area contributed by atoms with Crippen LogP contribution in [0.4, 0.5) is 0 Å². The molecule has 1 unspecified atom stereocenters. The molecule has 5 nitrogen and oxygen atoms in total. The van der Waals surface area contributed by atoms with Gasteiger partial charge in [0, 0.05) is 31.6 Å². The summed E-state index contributed by atoms with van der Waals surface area (Å²) in [7, 11) is 0. The number of fused-ring (bicyclic) bond motifs is 1. The van der Waals surface area contributed by atoms with Crippen LogP contribution in [0, 0.1) is 12.8 Å². The fraction of sp³-hybridized carbons (Fsp3) is 0.600. The van der Waals surface area contributed by atoms with Gasteiger partial charge in [-0.2, -0.15) is 0 Å². The SMILES string of the molecule is Cc1ncc2c(c1CNC(=O)C1CCOC1)CCNC2. The van der Waals surface area contributed by atoms with E-state index in [4.69, 9.17) is 4.74 Å². The summed E-state index contributed by atoms with van der Waals surface area (Å²) < 4.78 is 5.26. The number of nitrogens with zero attached hydrogens (tertiary/aromatic N) is 1. The van der Waals surface area contributed by atoms with Crippen molar-refractivity contribution < 1.29 is 9.53 Å². The largest absolute Gasteiger partial charge is 0.381 e. The summed E-state index contributed by atoms with van der Waals surface area (Å²) in [6, 6.07) is 0. The van der Waals surface area contributed by atoms with Gasteiger partial charge in [0.2, 0.25) is 5.91 Å². The summed E-state index contributed by atoms with van der Waals surface area (Å²) in [5.74, 6) is 0.123. The van der Waals surface area contributed by atoms with Crippen molar-refractivity contribution in [3.63, 3.8) is 0 Å². The van der Waals surface area contributed by atoms with Gasteiger partial charge in [0.05, 0.1) is 12.5 Å². The summed E-state index contributed by atoms with van der Waals surface area (Å²) in [6.07, 6.45) is 3.79. The van der Waals surface area contributed by atoms with Crippen molar-refractivity contribution in [1.29, 1.82) is 0 Å². The van der Waals surface area contributed by atoms with Crippen LogP contribution in [-0.4, -0.2) is 30.6 Å². The van der Waals surface area contributed by atoms with Gasteiger partial charge in [-0.1, -0.05) is 0 Å². The van der Waals surface area contributed by atoms with E-state index in [9.17, 15) is 4.79 Å². The normalized spacial score (nSPS) is 21.6. The molecular weight excluding hydrogens is 254 g/mol. The van der Waals surface area contributed by atoms with Crippen molar-refractivity contribution in [3.05, 3.63) is 28.6 Å². The van der Waals surface area contributed by atoms with Gasteiger partial charge in [-0.05, 0) is 43.0 Å². The Balaban J connectivity index is 1.72. The predicted octanol–water partition coefficient (Wildman–Crippen LogP) is 0.688. The molecule has 1 atom stereocenters. The molecule has 1 fully saturated rings. The lowest BCUT2D eigenvalue weighted by molar-refractivity contribution is -0.125. The lowest BCUT2D eigenvalue weighted by Crippen LogP contribution is -2.32. The molecule has 0 radical (unpaired) electrons. The van der Waals surface area contributed by atoms with E-state index in [2.05, 4.69) is 15.6 Å². The predicted molar refractivity (Wildman–Crippen MR) is 75.2 cm³/mol. The monoisotopic (exact) mass is 275 g/mol. The Morgan fingerprint density at radius 3 is 3.30 bits per heavy atom. The Labute approximate surface area is 119 Å². The van der Waals surface area contributed by atoms with Gasteiger partial charge in [-0.3, -0.25) is 9.78 Å². The van der Waals surface area contributed by atoms with Crippen molar-refractivity contribution in [1.82, 2.24) is 15.6 Å². The maximum atomic E-state index is 12.1. The van der Waals surface area contributed by atoms with Crippen LogP contribution in [0.2, 0.25) is 0 Å². The Kier molecular flexibility index (Phi) is 3.98. The molecule has 108 valence electrons. The third kappa shape index (κ3) is 2.69. The number of pyridine rings is 1. The lowest BCUT2D eigenvalue weighted by atomic mass is 9.96. The molecular formula is C15H21N3O2. The molecule has 3 rings (SSSR count). The van der Waals surface area contributed by atoms with Crippen molar-refractivity contribution in [2.45, 2.75) is 32.9 Å². The summed E-state index contributed by atoms with van der Waals surface area (Å²) >= 11 is 0. The minimum absolute atomic E-state index is 0.0180. The average molecular weight is 275 g/mol. The van der Waals surface area contributed by atoms with Gasteiger partial charge in [0.15, 0.2) is 0 Å². The highest BCUT2D eigenvalue weighted by atomic mass is 16.5. The molecule has 0 aromatic carbocycles. The summed E-state index contributed by atoms with van der Waals surface area (Å²) in [5, 5.41) is 6.41. The fourth-order valence-corrected chi connectivity index (χ4v) is 2.94. The second-order valence-corrected chi connectivity index (χ2v) is 5.53. The first-order valence-electron chi connectivity index (χ1n) is 7.28. The second kappa shape index (κ2) is 5.89. The number of rotatable bonds is 3. The standard InChI is InChI=1S/C15H21N3O2/c1-10-14(8-18-15(19)11-3-5-20-9-11)13-2-4-16-6-12(13)7-17-10/h7,11,16H,2-6,8-9H2,1H3,(H,18,19). The van der Waals surface area contributed by atoms with Gasteiger partial charge in [-0.15, -0.1) is 0 Å². The maximum Gasteiger partial charge on any atom is 0.225 e. The van der Waals surface area contributed by atoms with Crippen LogP contribution in [0.1, 0.15) is 28.8 Å². The molecule has 20 heavy (non-hydrogen) atoms. The zero-order chi connectivity index (χ0) is 13.9. The topological polar surface area (TPSA) is 63.2 Å². The molecule has 1 aromatic rings. The minimum atomic E-state index is 0.0180. The van der Waals surface area contributed by atoms with Crippen LogP contribution in [0.15, 0.2) is 6.20 Å². The van der Waals surface area contributed by atoms with Gasteiger partial charge in [0.25, 0.3) is 0 Å². The van der Waals surface area contributed by atoms with Crippen LogP contribution in [0.25, 0.3) is 0 Å². The Morgan fingerprint density at radius 1 is 1.60 bits per heavy atom. The van der Waals surface area contributed by atoms with E-state index in [1.807, 2.05) is 13.1 Å². The minimum Gasteiger partial charge on any atom is -0.381 e. The maximum absolute atomic E-state index is 12.1. The third-order valence-corrected chi connectivity index (χ3v) is 4.21.